The van der Waals surface area contributed by atoms with Crippen molar-refractivity contribution in [1.82, 2.24) is 5.32 Å². The number of ketones is 1. The normalized spacial score (nSPS) is 54.0. The molecular weight excluding hydrogens is 442 g/mol. The molecule has 0 aromatic heterocycles. The molecule has 35 heavy (non-hydrogen) atoms. The summed E-state index contributed by atoms with van der Waals surface area (Å²) in [5, 5.41) is 15.5. The number of carbonyl (C=O) groups excluding carboxylic acids is 1. The second kappa shape index (κ2) is 9.34. The zero-order valence-corrected chi connectivity index (χ0v) is 22.8. The molecule has 2 N–H and O–H groups in total. The highest BCUT2D eigenvalue weighted by molar-refractivity contribution is 5.80. The molecule has 12 atom stereocenters. The minimum Gasteiger partial charge on any atom is -0.389 e. The van der Waals surface area contributed by atoms with Crippen molar-refractivity contribution >= 4 is 5.78 Å². The van der Waals surface area contributed by atoms with Crippen LogP contribution >= 0.6 is 0 Å². The number of fused-ring (bicyclic) bond motifs is 5. The molecule has 1 aliphatic heterocycles. The van der Waals surface area contributed by atoms with E-state index in [0.717, 1.165) is 64.2 Å². The number of aliphatic hydroxyl groups is 1. The number of carbonyl (C=O) groups is 1. The number of Topliss-reactive ketones (excluding diaryl/α,β-unsaturated/α-hetero) is 1. The third kappa shape index (κ3) is 3.96. The highest BCUT2D eigenvalue weighted by Gasteiger charge is 2.67. The summed E-state index contributed by atoms with van der Waals surface area (Å²) in [4.78, 5) is 12.4. The van der Waals surface area contributed by atoms with Crippen LogP contribution in [0.15, 0.2) is 0 Å². The summed E-state index contributed by atoms with van der Waals surface area (Å²) in [6, 6.07) is 0.186. The molecule has 0 bridgehead atoms. The first-order valence-electron chi connectivity index (χ1n) is 14.3. The Morgan fingerprint density at radius 1 is 1.03 bits per heavy atom. The zero-order valence-electron chi connectivity index (χ0n) is 22.8. The molecule has 0 aromatic rings. The van der Waals surface area contributed by atoms with Crippen LogP contribution in [0.2, 0.25) is 0 Å². The number of methoxy groups -OCH3 is 1. The summed E-state index contributed by atoms with van der Waals surface area (Å²) in [7, 11) is 3.74. The lowest BCUT2D eigenvalue weighted by Crippen LogP contribution is -2.62. The van der Waals surface area contributed by atoms with E-state index in [2.05, 4.69) is 26.1 Å². The maximum absolute atomic E-state index is 12.4. The van der Waals surface area contributed by atoms with Crippen molar-refractivity contribution in [1.29, 1.82) is 0 Å². The lowest BCUT2D eigenvalue weighted by atomic mass is 9.43. The second-order valence-electron chi connectivity index (χ2n) is 13.2. The van der Waals surface area contributed by atoms with Crippen molar-refractivity contribution in [3.63, 3.8) is 0 Å². The van der Waals surface area contributed by atoms with Gasteiger partial charge in [0, 0.05) is 24.9 Å². The Bertz CT molecular complexity index is 806. The van der Waals surface area contributed by atoms with E-state index >= 15 is 0 Å². The Hall–Kier alpha value is -0.530. The van der Waals surface area contributed by atoms with Crippen LogP contribution in [0.5, 0.6) is 0 Å². The Kier molecular flexibility index (Phi) is 6.96. The fraction of sp³-hybridized carbons (Fsp3) is 0.966. The summed E-state index contributed by atoms with van der Waals surface area (Å²) in [6.07, 6.45) is 10.3. The van der Waals surface area contributed by atoms with Gasteiger partial charge in [-0.1, -0.05) is 13.8 Å². The van der Waals surface area contributed by atoms with Crippen LogP contribution in [-0.4, -0.2) is 61.3 Å². The van der Waals surface area contributed by atoms with E-state index in [1.807, 2.05) is 7.05 Å². The minimum atomic E-state index is -0.682. The predicted octanol–water partition coefficient (Wildman–Crippen LogP) is 4.47. The third-order valence-corrected chi connectivity index (χ3v) is 12.0. The second-order valence-corrected chi connectivity index (χ2v) is 13.2. The van der Waals surface area contributed by atoms with Crippen molar-refractivity contribution in [2.45, 2.75) is 128 Å². The summed E-state index contributed by atoms with van der Waals surface area (Å²) in [5.41, 5.74) is -0.679. The largest absolute Gasteiger partial charge is 0.389 e. The molecule has 5 rings (SSSR count). The number of hydrogen-bond donors (Lipinski definition) is 2. The van der Waals surface area contributed by atoms with Gasteiger partial charge in [-0.05, 0) is 102 Å². The molecule has 200 valence electrons. The molecule has 4 aliphatic carbocycles. The average molecular weight is 492 g/mol. The molecule has 4 saturated carbocycles. The van der Waals surface area contributed by atoms with Crippen LogP contribution < -0.4 is 5.32 Å². The first-order valence-corrected chi connectivity index (χ1v) is 14.3. The Balaban J connectivity index is 1.26. The van der Waals surface area contributed by atoms with Gasteiger partial charge in [-0.15, -0.1) is 0 Å². The molecule has 1 heterocycles. The van der Waals surface area contributed by atoms with Gasteiger partial charge in [-0.2, -0.15) is 0 Å². The van der Waals surface area contributed by atoms with Gasteiger partial charge in [0.05, 0.1) is 30.0 Å². The van der Waals surface area contributed by atoms with E-state index in [0.29, 0.717) is 17.8 Å². The fourth-order valence-corrected chi connectivity index (χ4v) is 9.94. The summed E-state index contributed by atoms with van der Waals surface area (Å²) in [6.45, 7) is 8.56. The Morgan fingerprint density at radius 2 is 1.80 bits per heavy atom. The van der Waals surface area contributed by atoms with Crippen molar-refractivity contribution in [3.8, 4) is 0 Å². The van der Waals surface area contributed by atoms with Crippen molar-refractivity contribution < 1.29 is 24.1 Å². The van der Waals surface area contributed by atoms with Crippen molar-refractivity contribution in [2.75, 3.05) is 14.2 Å². The van der Waals surface area contributed by atoms with Gasteiger partial charge in [-0.25, -0.2) is 0 Å². The fourth-order valence-electron chi connectivity index (χ4n) is 9.94. The number of rotatable bonds is 5. The summed E-state index contributed by atoms with van der Waals surface area (Å²) in [5.74, 6) is 1.80. The third-order valence-electron chi connectivity index (χ3n) is 12.0. The van der Waals surface area contributed by atoms with Gasteiger partial charge in [0.15, 0.2) is 6.29 Å². The van der Waals surface area contributed by atoms with Gasteiger partial charge in [0.2, 0.25) is 0 Å². The Morgan fingerprint density at radius 3 is 2.49 bits per heavy atom. The lowest BCUT2D eigenvalue weighted by Gasteiger charge is -2.63. The lowest BCUT2D eigenvalue weighted by molar-refractivity contribution is -0.257. The molecule has 0 spiro atoms. The predicted molar refractivity (Wildman–Crippen MR) is 135 cm³/mol. The van der Waals surface area contributed by atoms with Crippen molar-refractivity contribution in [3.05, 3.63) is 0 Å². The first-order chi connectivity index (χ1) is 16.6. The number of likely N-dealkylation sites (N-methyl/N-ethyl adjacent to an activating group) is 1. The standard InChI is InChI=1S/C29H49NO5/c1-17(31)21-11-14-29(32)23-8-7-19-15-20(9-12-27(19,3)22(23)10-13-28(21,29)4)35-25-16-24(33-6)26(30-5)18(2)34-25/h18-26,30,32H,7-16H2,1-6H3/t18-,19-,20-,21+,22-,23+,24-,25-,26+,27-,28+,29-/m0/s1. The van der Waals surface area contributed by atoms with E-state index < -0.39 is 5.60 Å². The quantitative estimate of drug-likeness (QED) is 0.553. The van der Waals surface area contributed by atoms with E-state index in [1.165, 1.54) is 0 Å². The molecule has 0 amide bonds. The highest BCUT2D eigenvalue weighted by Crippen LogP contribution is 2.69. The van der Waals surface area contributed by atoms with Crippen LogP contribution in [0.1, 0.15) is 91.9 Å². The summed E-state index contributed by atoms with van der Waals surface area (Å²) >= 11 is 0. The molecule has 5 aliphatic rings. The topological polar surface area (TPSA) is 77.0 Å². The minimum absolute atomic E-state index is 0.0273. The van der Waals surface area contributed by atoms with Gasteiger partial charge < -0.3 is 24.6 Å². The maximum Gasteiger partial charge on any atom is 0.160 e. The van der Waals surface area contributed by atoms with Gasteiger partial charge in [-0.3, -0.25) is 4.79 Å². The van der Waals surface area contributed by atoms with E-state index in [1.54, 1.807) is 14.0 Å². The van der Waals surface area contributed by atoms with Crippen LogP contribution in [0.4, 0.5) is 0 Å². The molecule has 6 nitrogen and oxygen atoms in total. The first kappa shape index (κ1) is 26.1. The van der Waals surface area contributed by atoms with Crippen molar-refractivity contribution in [2.24, 2.45) is 34.5 Å². The van der Waals surface area contributed by atoms with Crippen LogP contribution in [0.25, 0.3) is 0 Å². The zero-order chi connectivity index (χ0) is 25.2. The van der Waals surface area contributed by atoms with E-state index in [-0.39, 0.29) is 53.2 Å². The molecular formula is C29H49NO5. The number of nitrogens with one attached hydrogen (secondary N) is 1. The number of hydrogen-bond acceptors (Lipinski definition) is 6. The molecule has 0 aromatic carbocycles. The van der Waals surface area contributed by atoms with Crippen LogP contribution in [0.3, 0.4) is 0 Å². The van der Waals surface area contributed by atoms with Gasteiger partial charge in [0.1, 0.15) is 5.78 Å². The molecule has 0 unspecified atom stereocenters. The van der Waals surface area contributed by atoms with Crippen LogP contribution in [0, 0.1) is 34.5 Å². The van der Waals surface area contributed by atoms with Gasteiger partial charge >= 0.3 is 0 Å². The summed E-state index contributed by atoms with van der Waals surface area (Å²) < 4.78 is 18.6. The average Bonchev–Trinajstić information content (AvgIpc) is 3.10. The smallest absolute Gasteiger partial charge is 0.160 e. The molecule has 0 radical (unpaired) electrons. The molecule has 5 fully saturated rings. The SMILES string of the molecule is CN[C@@H]1[C@H](C)O[C@@H](O[C@H]2CC[C@@]3(C)[C@@H](CC[C@@H]4[C@@H]3CC[C@]3(C)[C@@H](C(C)=O)CC[C@]43O)C2)C[C@@H]1OC. The molecule has 1 saturated heterocycles. The Labute approximate surface area is 212 Å². The molecule has 6 heteroatoms. The van der Waals surface area contributed by atoms with Gasteiger partial charge in [0.25, 0.3) is 0 Å². The van der Waals surface area contributed by atoms with Crippen LogP contribution in [-0.2, 0) is 19.0 Å². The maximum atomic E-state index is 12.4. The monoisotopic (exact) mass is 491 g/mol. The van der Waals surface area contributed by atoms with E-state index in [4.69, 9.17) is 14.2 Å². The highest BCUT2D eigenvalue weighted by atomic mass is 16.7. The number of ether oxygens (including phenoxy) is 3. The van der Waals surface area contributed by atoms with E-state index in [9.17, 15) is 9.90 Å².